The number of methoxy groups -OCH3 is 1. The summed E-state index contributed by atoms with van der Waals surface area (Å²) in [5, 5.41) is 0. The van der Waals surface area contributed by atoms with Crippen LogP contribution in [-0.2, 0) is 21.1 Å². The molecule has 0 fully saturated rings. The smallest absolute Gasteiger partial charge is 0.175 e. The van der Waals surface area contributed by atoms with Crippen molar-refractivity contribution >= 4 is 9.84 Å². The Morgan fingerprint density at radius 1 is 1.38 bits per heavy atom. The van der Waals surface area contributed by atoms with Gasteiger partial charge < -0.3 is 9.57 Å². The maximum Gasteiger partial charge on any atom is 0.175 e. The van der Waals surface area contributed by atoms with E-state index in [1.165, 1.54) is 13.2 Å². The van der Waals surface area contributed by atoms with E-state index < -0.39 is 9.84 Å². The second kappa shape index (κ2) is 5.29. The van der Waals surface area contributed by atoms with Crippen LogP contribution in [0.1, 0.15) is 5.56 Å². The molecule has 1 aromatic carbocycles. The van der Waals surface area contributed by atoms with Crippen LogP contribution in [0.5, 0.6) is 5.75 Å². The van der Waals surface area contributed by atoms with Crippen LogP contribution in [0.3, 0.4) is 0 Å². The lowest BCUT2D eigenvalue weighted by atomic mass is 10.1. The minimum atomic E-state index is -3.21. The number of sulfone groups is 1. The van der Waals surface area contributed by atoms with E-state index in [-0.39, 0.29) is 4.90 Å². The quantitative estimate of drug-likeness (QED) is 0.766. The van der Waals surface area contributed by atoms with Gasteiger partial charge in [-0.25, -0.2) is 14.3 Å². The highest BCUT2D eigenvalue weighted by Crippen LogP contribution is 2.23. The Bertz CT molecular complexity index is 456. The van der Waals surface area contributed by atoms with Crippen LogP contribution in [0.4, 0.5) is 0 Å². The van der Waals surface area contributed by atoms with Crippen LogP contribution in [0.15, 0.2) is 23.1 Å². The Labute approximate surface area is 95.0 Å². The topological polar surface area (TPSA) is 78.6 Å². The van der Waals surface area contributed by atoms with Crippen molar-refractivity contribution < 1.29 is 18.0 Å². The highest BCUT2D eigenvalue weighted by molar-refractivity contribution is 7.90. The predicted molar refractivity (Wildman–Crippen MR) is 59.9 cm³/mol. The summed E-state index contributed by atoms with van der Waals surface area (Å²) in [6.45, 7) is 0.356. The average Bonchev–Trinajstić information content (AvgIpc) is 2.24. The van der Waals surface area contributed by atoms with Gasteiger partial charge >= 0.3 is 0 Å². The van der Waals surface area contributed by atoms with Crippen molar-refractivity contribution in [2.24, 2.45) is 5.90 Å². The van der Waals surface area contributed by atoms with Crippen LogP contribution in [0.25, 0.3) is 0 Å². The summed E-state index contributed by atoms with van der Waals surface area (Å²) in [5.41, 5.74) is 0.861. The molecule has 2 N–H and O–H groups in total. The minimum absolute atomic E-state index is 0.238. The minimum Gasteiger partial charge on any atom is -0.496 e. The largest absolute Gasteiger partial charge is 0.496 e. The molecule has 0 radical (unpaired) electrons. The van der Waals surface area contributed by atoms with Crippen molar-refractivity contribution in [3.05, 3.63) is 23.8 Å². The lowest BCUT2D eigenvalue weighted by Crippen LogP contribution is -2.06. The molecule has 0 aliphatic heterocycles. The maximum atomic E-state index is 11.3. The summed E-state index contributed by atoms with van der Waals surface area (Å²) in [6, 6.07) is 4.75. The summed E-state index contributed by atoms with van der Waals surface area (Å²) in [7, 11) is -1.71. The van der Waals surface area contributed by atoms with Gasteiger partial charge in [0, 0.05) is 12.7 Å². The SMILES string of the molecule is COc1cc(S(C)(=O)=O)ccc1CCON. The van der Waals surface area contributed by atoms with Crippen molar-refractivity contribution in [3.8, 4) is 5.75 Å². The van der Waals surface area contributed by atoms with Crippen molar-refractivity contribution in [1.29, 1.82) is 0 Å². The highest BCUT2D eigenvalue weighted by atomic mass is 32.2. The molecule has 5 nitrogen and oxygen atoms in total. The molecule has 0 saturated heterocycles. The van der Waals surface area contributed by atoms with Crippen molar-refractivity contribution in [2.75, 3.05) is 20.0 Å². The normalized spacial score (nSPS) is 11.4. The van der Waals surface area contributed by atoms with E-state index in [1.807, 2.05) is 0 Å². The Hall–Kier alpha value is -1.11. The van der Waals surface area contributed by atoms with Crippen LogP contribution in [0.2, 0.25) is 0 Å². The molecule has 1 aromatic rings. The molecule has 0 aliphatic carbocycles. The Morgan fingerprint density at radius 3 is 2.56 bits per heavy atom. The number of nitrogens with two attached hydrogens (primary N) is 1. The van der Waals surface area contributed by atoms with Gasteiger partial charge in [-0.2, -0.15) is 0 Å². The third-order valence-electron chi connectivity index (χ3n) is 2.18. The molecule has 90 valence electrons. The Balaban J connectivity index is 3.07. The van der Waals surface area contributed by atoms with Gasteiger partial charge in [-0.3, -0.25) is 0 Å². The molecule has 0 atom stereocenters. The second-order valence-corrected chi connectivity index (χ2v) is 5.38. The van der Waals surface area contributed by atoms with Crippen LogP contribution >= 0.6 is 0 Å². The third kappa shape index (κ3) is 3.19. The van der Waals surface area contributed by atoms with Gasteiger partial charge in [-0.15, -0.1) is 0 Å². The lowest BCUT2D eigenvalue weighted by Gasteiger charge is -2.09. The van der Waals surface area contributed by atoms with E-state index in [4.69, 9.17) is 10.6 Å². The van der Waals surface area contributed by atoms with Gasteiger partial charge in [-0.05, 0) is 17.7 Å². The molecule has 0 spiro atoms. The first-order valence-electron chi connectivity index (χ1n) is 4.67. The number of hydrogen-bond donors (Lipinski definition) is 1. The summed E-state index contributed by atoms with van der Waals surface area (Å²) in [4.78, 5) is 4.71. The number of benzene rings is 1. The summed E-state index contributed by atoms with van der Waals surface area (Å²) in [6.07, 6.45) is 1.73. The zero-order valence-corrected chi connectivity index (χ0v) is 10.1. The van der Waals surface area contributed by atoms with Gasteiger partial charge in [0.2, 0.25) is 0 Å². The van der Waals surface area contributed by atoms with Crippen molar-refractivity contribution in [1.82, 2.24) is 0 Å². The molecule has 0 aliphatic rings. The molecule has 0 amide bonds. The number of rotatable bonds is 5. The molecule has 1 rings (SSSR count). The van der Waals surface area contributed by atoms with Crippen LogP contribution in [0, 0.1) is 0 Å². The van der Waals surface area contributed by atoms with E-state index in [9.17, 15) is 8.42 Å². The van der Waals surface area contributed by atoms with Crippen molar-refractivity contribution in [2.45, 2.75) is 11.3 Å². The predicted octanol–water partition coefficient (Wildman–Crippen LogP) is 0.532. The standard InChI is InChI=1S/C10H15NO4S/c1-14-10-7-9(16(2,12)13)4-3-8(10)5-6-15-11/h3-4,7H,5-6,11H2,1-2H3. The molecular formula is C10H15NO4S. The molecule has 0 unspecified atom stereocenters. The van der Waals surface area contributed by atoms with Gasteiger partial charge in [-0.1, -0.05) is 6.07 Å². The first-order valence-corrected chi connectivity index (χ1v) is 6.57. The number of hydrogen-bond acceptors (Lipinski definition) is 5. The van der Waals surface area contributed by atoms with E-state index in [2.05, 4.69) is 4.84 Å². The summed E-state index contributed by atoms with van der Waals surface area (Å²) >= 11 is 0. The second-order valence-electron chi connectivity index (χ2n) is 3.37. The van der Waals surface area contributed by atoms with Crippen LogP contribution in [-0.4, -0.2) is 28.4 Å². The highest BCUT2D eigenvalue weighted by Gasteiger charge is 2.11. The molecule has 0 saturated carbocycles. The zero-order chi connectivity index (χ0) is 12.2. The monoisotopic (exact) mass is 245 g/mol. The molecule has 6 heteroatoms. The molecular weight excluding hydrogens is 230 g/mol. The Morgan fingerprint density at radius 2 is 2.06 bits per heavy atom. The van der Waals surface area contributed by atoms with Gasteiger partial charge in [0.05, 0.1) is 18.6 Å². The lowest BCUT2D eigenvalue weighted by molar-refractivity contribution is 0.140. The molecule has 0 heterocycles. The fraction of sp³-hybridized carbons (Fsp3) is 0.400. The van der Waals surface area contributed by atoms with E-state index in [0.29, 0.717) is 18.8 Å². The summed E-state index contributed by atoms with van der Waals surface area (Å²) in [5.74, 6) is 5.46. The van der Waals surface area contributed by atoms with E-state index in [1.54, 1.807) is 12.1 Å². The third-order valence-corrected chi connectivity index (χ3v) is 3.29. The van der Waals surface area contributed by atoms with E-state index >= 15 is 0 Å². The van der Waals surface area contributed by atoms with E-state index in [0.717, 1.165) is 11.8 Å². The molecule has 16 heavy (non-hydrogen) atoms. The number of ether oxygens (including phenoxy) is 1. The first kappa shape index (κ1) is 13.0. The zero-order valence-electron chi connectivity index (χ0n) is 9.26. The van der Waals surface area contributed by atoms with Gasteiger partial charge in [0.25, 0.3) is 0 Å². The first-order chi connectivity index (χ1) is 7.49. The fourth-order valence-corrected chi connectivity index (χ4v) is 1.97. The molecule has 0 bridgehead atoms. The van der Waals surface area contributed by atoms with Crippen molar-refractivity contribution in [3.63, 3.8) is 0 Å². The van der Waals surface area contributed by atoms with Gasteiger partial charge in [0.1, 0.15) is 5.75 Å². The molecule has 0 aromatic heterocycles. The summed E-state index contributed by atoms with van der Waals surface area (Å²) < 4.78 is 27.8. The van der Waals surface area contributed by atoms with Crippen LogP contribution < -0.4 is 10.6 Å². The Kier molecular flexibility index (Phi) is 4.28. The van der Waals surface area contributed by atoms with Gasteiger partial charge in [0.15, 0.2) is 9.84 Å². The fourth-order valence-electron chi connectivity index (χ4n) is 1.33. The average molecular weight is 245 g/mol. The maximum absolute atomic E-state index is 11.3.